The van der Waals surface area contributed by atoms with E-state index < -0.39 is 0 Å². The number of aryl methyl sites for hydroxylation is 1. The topological polar surface area (TPSA) is 0 Å². The first-order valence-electron chi connectivity index (χ1n) is 6.60. The lowest BCUT2D eigenvalue weighted by molar-refractivity contribution is 0.576. The molecule has 0 fully saturated rings. The fourth-order valence-corrected chi connectivity index (χ4v) is 3.02. The molecule has 0 spiro atoms. The predicted octanol–water partition coefficient (Wildman–Crippen LogP) is 5.47. The van der Waals surface area contributed by atoms with E-state index in [0.29, 0.717) is 0 Å². The molecule has 0 aliphatic heterocycles. The van der Waals surface area contributed by atoms with E-state index in [-0.39, 0.29) is 0 Å². The number of rotatable bonds is 9. The molecule has 16 heavy (non-hydrogen) atoms. The summed E-state index contributed by atoms with van der Waals surface area (Å²) < 4.78 is 1.21. The van der Waals surface area contributed by atoms with Crippen LogP contribution >= 0.6 is 20.6 Å². The second-order valence-electron chi connectivity index (χ2n) is 4.48. The highest BCUT2D eigenvalue weighted by Gasteiger charge is 1.99. The summed E-state index contributed by atoms with van der Waals surface area (Å²) in [5.74, 6) is 0. The van der Waals surface area contributed by atoms with Crippen molar-refractivity contribution in [2.45, 2.75) is 64.7 Å². The van der Waals surface area contributed by atoms with Gasteiger partial charge in [0.25, 0.3) is 0 Å². The molecule has 0 unspecified atom stereocenters. The number of thiophene rings is 1. The smallest absolute Gasteiger partial charge is 0.0411 e. The highest BCUT2D eigenvalue weighted by molar-refractivity contribution is 7.43. The van der Waals surface area contributed by atoms with Crippen molar-refractivity contribution in [2.75, 3.05) is 0 Å². The summed E-state index contributed by atoms with van der Waals surface area (Å²) in [5, 5.41) is 2.14. The summed E-state index contributed by atoms with van der Waals surface area (Å²) in [6, 6.07) is 2.22. The van der Waals surface area contributed by atoms with E-state index >= 15 is 0 Å². The molecule has 1 aromatic heterocycles. The van der Waals surface area contributed by atoms with Crippen LogP contribution in [0.25, 0.3) is 0 Å². The van der Waals surface area contributed by atoms with Gasteiger partial charge in [-0.25, -0.2) is 0 Å². The maximum atomic E-state index is 4.45. The summed E-state index contributed by atoms with van der Waals surface area (Å²) in [5.41, 5.74) is 1.44. The van der Waals surface area contributed by atoms with Gasteiger partial charge in [0.1, 0.15) is 0 Å². The summed E-state index contributed by atoms with van der Waals surface area (Å²) in [4.78, 5) is 0. The van der Waals surface area contributed by atoms with E-state index in [2.05, 4.69) is 27.6 Å². The van der Waals surface area contributed by atoms with Crippen LogP contribution in [-0.2, 0) is 6.42 Å². The van der Waals surface area contributed by atoms with Gasteiger partial charge in [0.15, 0.2) is 0 Å². The lowest BCUT2D eigenvalue weighted by Crippen LogP contribution is -1.93. The van der Waals surface area contributed by atoms with Crippen LogP contribution < -0.4 is 4.62 Å². The Morgan fingerprint density at radius 3 is 2.19 bits per heavy atom. The van der Waals surface area contributed by atoms with E-state index in [9.17, 15) is 0 Å². The molecular weight excluding hydrogens is 231 g/mol. The van der Waals surface area contributed by atoms with Crippen molar-refractivity contribution in [1.29, 1.82) is 0 Å². The predicted molar refractivity (Wildman–Crippen MR) is 77.2 cm³/mol. The van der Waals surface area contributed by atoms with Crippen molar-refractivity contribution >= 4 is 25.2 Å². The van der Waals surface area contributed by atoms with Crippen molar-refractivity contribution in [3.05, 3.63) is 17.0 Å². The molecule has 0 amide bonds. The van der Waals surface area contributed by atoms with Crippen LogP contribution in [0.3, 0.4) is 0 Å². The van der Waals surface area contributed by atoms with E-state index in [4.69, 9.17) is 0 Å². The zero-order chi connectivity index (χ0) is 11.6. The minimum Gasteiger partial charge on any atom is -0.143 e. The molecule has 1 heterocycles. The SMILES string of the molecule is CCCCCCCCCCc1ccsc1[P]. The minimum atomic E-state index is 1.21. The van der Waals surface area contributed by atoms with Gasteiger partial charge >= 0.3 is 0 Å². The van der Waals surface area contributed by atoms with Crippen LogP contribution in [0.4, 0.5) is 0 Å². The molecule has 2 radical (unpaired) electrons. The third-order valence-electron chi connectivity index (χ3n) is 3.02. The van der Waals surface area contributed by atoms with Gasteiger partial charge in [-0.15, -0.1) is 11.3 Å². The van der Waals surface area contributed by atoms with Gasteiger partial charge in [-0.05, 0) is 29.9 Å². The van der Waals surface area contributed by atoms with Crippen LogP contribution in [0.15, 0.2) is 11.4 Å². The Hall–Kier alpha value is 0.130. The van der Waals surface area contributed by atoms with Gasteiger partial charge in [0.05, 0.1) is 0 Å². The number of hydrogen-bond acceptors (Lipinski definition) is 1. The molecular formula is C14H23PS. The molecule has 0 aliphatic rings. The number of unbranched alkanes of at least 4 members (excludes halogenated alkanes) is 7. The second-order valence-corrected chi connectivity index (χ2v) is 6.14. The summed E-state index contributed by atoms with van der Waals surface area (Å²) in [6.07, 6.45) is 12.4. The first-order chi connectivity index (χ1) is 7.84. The third-order valence-corrected chi connectivity index (χ3v) is 4.38. The van der Waals surface area contributed by atoms with Crippen molar-refractivity contribution in [2.24, 2.45) is 0 Å². The van der Waals surface area contributed by atoms with Gasteiger partial charge in [-0.1, -0.05) is 51.9 Å². The van der Waals surface area contributed by atoms with Crippen LogP contribution in [-0.4, -0.2) is 0 Å². The van der Waals surface area contributed by atoms with Crippen molar-refractivity contribution < 1.29 is 0 Å². The molecule has 0 aliphatic carbocycles. The molecule has 90 valence electrons. The molecule has 2 heteroatoms. The van der Waals surface area contributed by atoms with E-state index in [1.807, 2.05) is 0 Å². The van der Waals surface area contributed by atoms with E-state index in [0.717, 1.165) is 0 Å². The fraction of sp³-hybridized carbons (Fsp3) is 0.714. The van der Waals surface area contributed by atoms with Gasteiger partial charge in [-0.2, -0.15) is 0 Å². The Kier molecular flexibility index (Phi) is 8.15. The number of hydrogen-bond donors (Lipinski definition) is 0. The van der Waals surface area contributed by atoms with Crippen LogP contribution in [0.2, 0.25) is 0 Å². The van der Waals surface area contributed by atoms with Crippen LogP contribution in [0.1, 0.15) is 63.9 Å². The largest absolute Gasteiger partial charge is 0.143 e. The lowest BCUT2D eigenvalue weighted by atomic mass is 10.1. The molecule has 0 aromatic carbocycles. The zero-order valence-electron chi connectivity index (χ0n) is 10.4. The molecule has 0 nitrogen and oxygen atoms in total. The summed E-state index contributed by atoms with van der Waals surface area (Å²) in [7, 11) is 4.45. The fourth-order valence-electron chi connectivity index (χ4n) is 1.97. The second kappa shape index (κ2) is 9.19. The average Bonchev–Trinajstić information content (AvgIpc) is 2.68. The Bertz CT molecular complexity index is 267. The highest BCUT2D eigenvalue weighted by atomic mass is 32.1. The molecule has 1 aromatic rings. The molecule has 0 N–H and O–H groups in total. The van der Waals surface area contributed by atoms with Crippen molar-refractivity contribution in [1.82, 2.24) is 0 Å². The van der Waals surface area contributed by atoms with Gasteiger partial charge in [0.2, 0.25) is 0 Å². The third kappa shape index (κ3) is 6.01. The lowest BCUT2D eigenvalue weighted by Gasteiger charge is -2.01. The first kappa shape index (κ1) is 14.2. The van der Waals surface area contributed by atoms with Gasteiger partial charge < -0.3 is 0 Å². The summed E-state index contributed by atoms with van der Waals surface area (Å²) in [6.45, 7) is 2.27. The normalized spacial score (nSPS) is 10.9. The van der Waals surface area contributed by atoms with Gasteiger partial charge in [-0.3, -0.25) is 0 Å². The summed E-state index contributed by atoms with van der Waals surface area (Å²) >= 11 is 1.75. The van der Waals surface area contributed by atoms with Gasteiger partial charge in [0, 0.05) is 13.9 Å². The molecule has 0 bridgehead atoms. The Balaban J connectivity index is 1.91. The standard InChI is InChI=1S/C14H23PS/c1-2-3-4-5-6-7-8-9-10-13-11-12-16-14(13)15/h11-12H,2-10H2,1H3. The van der Waals surface area contributed by atoms with E-state index in [1.165, 1.54) is 68.0 Å². The minimum absolute atomic E-state index is 1.21. The Labute approximate surface area is 107 Å². The maximum Gasteiger partial charge on any atom is 0.0411 e. The van der Waals surface area contributed by atoms with Crippen LogP contribution in [0.5, 0.6) is 0 Å². The van der Waals surface area contributed by atoms with Crippen molar-refractivity contribution in [3.63, 3.8) is 0 Å². The first-order valence-corrected chi connectivity index (χ1v) is 7.92. The average molecular weight is 254 g/mol. The highest BCUT2D eigenvalue weighted by Crippen LogP contribution is 2.13. The molecule has 0 atom stereocenters. The van der Waals surface area contributed by atoms with Crippen LogP contribution in [0, 0.1) is 0 Å². The Morgan fingerprint density at radius 1 is 1.00 bits per heavy atom. The molecule has 1 rings (SSSR count). The Morgan fingerprint density at radius 2 is 1.62 bits per heavy atom. The quantitative estimate of drug-likeness (QED) is 0.405. The zero-order valence-corrected chi connectivity index (χ0v) is 12.1. The monoisotopic (exact) mass is 254 g/mol. The molecule has 0 saturated heterocycles. The maximum absolute atomic E-state index is 4.45. The van der Waals surface area contributed by atoms with Crippen molar-refractivity contribution in [3.8, 4) is 0 Å². The van der Waals surface area contributed by atoms with E-state index in [1.54, 1.807) is 11.3 Å². The molecule has 0 saturated carbocycles.